The Morgan fingerprint density at radius 2 is 1.50 bits per heavy atom. The van der Waals surface area contributed by atoms with Gasteiger partial charge >= 0.3 is 0 Å². The molecule has 0 spiro atoms. The molecule has 0 saturated carbocycles. The number of hydrogen-bond acceptors (Lipinski definition) is 1. The van der Waals surface area contributed by atoms with Crippen molar-refractivity contribution in [2.45, 2.75) is 78.7 Å². The first-order valence-electron chi connectivity index (χ1n) is 10.5. The molecule has 0 aliphatic rings. The highest BCUT2D eigenvalue weighted by Gasteiger charge is 2.10. The van der Waals surface area contributed by atoms with Crippen LogP contribution in [0.25, 0.3) is 0 Å². The maximum atomic E-state index is 10.6. The minimum absolute atomic E-state index is 0.234. The van der Waals surface area contributed by atoms with E-state index in [4.69, 9.17) is 0 Å². The second-order valence-electron chi connectivity index (χ2n) is 7.68. The number of unbranched alkanes of at least 4 members (excludes halogenated alkanes) is 2. The molecule has 1 nitrogen and oxygen atoms in total. The van der Waals surface area contributed by atoms with E-state index >= 15 is 0 Å². The van der Waals surface area contributed by atoms with Gasteiger partial charge in [-0.15, -0.1) is 0 Å². The quantitative estimate of drug-likeness (QED) is 0.575. The van der Waals surface area contributed by atoms with Gasteiger partial charge in [0.2, 0.25) is 0 Å². The molecule has 0 aromatic heterocycles. The molecule has 0 unspecified atom stereocenters. The first-order chi connectivity index (χ1) is 12.6. The molecule has 2 rings (SSSR count). The predicted octanol–water partition coefficient (Wildman–Crippen LogP) is 5.15. The topological polar surface area (TPSA) is 20.2 Å². The van der Waals surface area contributed by atoms with E-state index in [1.54, 1.807) is 5.19 Å². The van der Waals surface area contributed by atoms with E-state index < -0.39 is 0 Å². The van der Waals surface area contributed by atoms with Crippen LogP contribution in [0.4, 0.5) is 0 Å². The van der Waals surface area contributed by atoms with Crippen molar-refractivity contribution >= 4 is 14.7 Å². The van der Waals surface area contributed by atoms with Gasteiger partial charge in [0, 0.05) is 0 Å². The zero-order valence-electron chi connectivity index (χ0n) is 17.2. The monoisotopic (exact) mass is 368 g/mol. The molecule has 142 valence electrons. The predicted molar refractivity (Wildman–Crippen MR) is 118 cm³/mol. The van der Waals surface area contributed by atoms with E-state index in [-0.39, 0.29) is 9.52 Å². The van der Waals surface area contributed by atoms with Gasteiger partial charge in [-0.05, 0) is 73.8 Å². The van der Waals surface area contributed by atoms with Crippen LogP contribution in [-0.4, -0.2) is 14.6 Å². The van der Waals surface area contributed by atoms with Crippen molar-refractivity contribution in [2.75, 3.05) is 0 Å². The summed E-state index contributed by atoms with van der Waals surface area (Å²) in [6.45, 7) is 8.92. The Bertz CT molecular complexity index is 676. The van der Waals surface area contributed by atoms with Gasteiger partial charge in [-0.25, -0.2) is 0 Å². The van der Waals surface area contributed by atoms with Gasteiger partial charge in [-0.1, -0.05) is 68.3 Å². The number of phenols is 1. The van der Waals surface area contributed by atoms with Gasteiger partial charge in [-0.2, -0.15) is 0 Å². The first-order valence-corrected chi connectivity index (χ1v) is 12.2. The zero-order chi connectivity index (χ0) is 18.9. The van der Waals surface area contributed by atoms with Crippen LogP contribution < -0.4 is 5.19 Å². The Labute approximate surface area is 162 Å². The fraction of sp³-hybridized carbons (Fsp3) is 0.500. The summed E-state index contributed by atoms with van der Waals surface area (Å²) >= 11 is 0. The van der Waals surface area contributed by atoms with E-state index in [1.165, 1.54) is 46.7 Å². The average molecular weight is 369 g/mol. The van der Waals surface area contributed by atoms with E-state index in [2.05, 4.69) is 58.0 Å². The van der Waals surface area contributed by atoms with Crippen LogP contribution in [0, 0.1) is 13.8 Å². The van der Waals surface area contributed by atoms with Crippen LogP contribution in [-0.2, 0) is 19.3 Å². The number of benzene rings is 2. The summed E-state index contributed by atoms with van der Waals surface area (Å²) in [6.07, 6.45) is 7.81. The van der Waals surface area contributed by atoms with Gasteiger partial charge in [0.1, 0.15) is 5.75 Å². The number of aromatic hydroxyl groups is 1. The standard InChI is InChI=1S/C24H36OSi/c1-5-7-11-21-16-20(17-22(24(21)25)12-8-6-2)14-15-26-23-13-9-10-18(3)19(23)4/h9-10,13,16-17,25H,5-8,11-12,14-15,26H2,1-4H3. The van der Waals surface area contributed by atoms with Gasteiger partial charge in [0.25, 0.3) is 0 Å². The Kier molecular flexibility index (Phi) is 8.44. The smallest absolute Gasteiger partial charge is 0.121 e. The second-order valence-corrected chi connectivity index (χ2v) is 9.65. The maximum Gasteiger partial charge on any atom is 0.121 e. The molecule has 0 bridgehead atoms. The van der Waals surface area contributed by atoms with Gasteiger partial charge in [0.05, 0.1) is 9.52 Å². The fourth-order valence-electron chi connectivity index (χ4n) is 3.66. The summed E-state index contributed by atoms with van der Waals surface area (Å²) in [5.41, 5.74) is 6.69. The highest BCUT2D eigenvalue weighted by atomic mass is 28.2. The van der Waals surface area contributed by atoms with Crippen molar-refractivity contribution in [2.24, 2.45) is 0 Å². The molecule has 0 saturated heterocycles. The van der Waals surface area contributed by atoms with E-state index in [1.807, 2.05) is 0 Å². The Hall–Kier alpha value is -1.54. The van der Waals surface area contributed by atoms with E-state index in [9.17, 15) is 5.11 Å². The van der Waals surface area contributed by atoms with Crippen molar-refractivity contribution in [3.63, 3.8) is 0 Å². The molecular formula is C24H36OSi. The molecule has 2 aromatic rings. The van der Waals surface area contributed by atoms with Crippen molar-refractivity contribution in [3.05, 3.63) is 58.1 Å². The highest BCUT2D eigenvalue weighted by molar-refractivity contribution is 6.54. The van der Waals surface area contributed by atoms with Crippen molar-refractivity contribution < 1.29 is 5.11 Å². The zero-order valence-corrected chi connectivity index (χ0v) is 18.6. The van der Waals surface area contributed by atoms with Crippen molar-refractivity contribution in [1.82, 2.24) is 0 Å². The molecule has 0 aliphatic carbocycles. The number of hydrogen-bond donors (Lipinski definition) is 1. The highest BCUT2D eigenvalue weighted by Crippen LogP contribution is 2.28. The van der Waals surface area contributed by atoms with Gasteiger partial charge < -0.3 is 5.11 Å². The van der Waals surface area contributed by atoms with Crippen LogP contribution in [0.3, 0.4) is 0 Å². The second kappa shape index (κ2) is 10.6. The summed E-state index contributed by atoms with van der Waals surface area (Å²) in [5.74, 6) is 0.572. The SMILES string of the molecule is CCCCc1cc(CC[SiH2]c2cccc(C)c2C)cc(CCCC)c1O. The molecule has 26 heavy (non-hydrogen) atoms. The molecule has 1 N–H and O–H groups in total. The molecule has 0 aliphatic heterocycles. The number of rotatable bonds is 10. The fourth-order valence-corrected chi connectivity index (χ4v) is 5.58. The molecule has 0 fully saturated rings. The lowest BCUT2D eigenvalue weighted by atomic mass is 9.96. The lowest BCUT2D eigenvalue weighted by Gasteiger charge is -2.14. The van der Waals surface area contributed by atoms with Gasteiger partial charge in [0.15, 0.2) is 0 Å². The Morgan fingerprint density at radius 3 is 2.08 bits per heavy atom. The normalized spacial score (nSPS) is 11.5. The van der Waals surface area contributed by atoms with Gasteiger partial charge in [-0.3, -0.25) is 0 Å². The summed E-state index contributed by atoms with van der Waals surface area (Å²) in [5, 5.41) is 12.3. The minimum Gasteiger partial charge on any atom is -0.507 e. The van der Waals surface area contributed by atoms with Crippen LogP contribution in [0.5, 0.6) is 5.75 Å². The van der Waals surface area contributed by atoms with E-state index in [0.29, 0.717) is 5.75 Å². The summed E-state index contributed by atoms with van der Waals surface area (Å²) in [7, 11) is -0.234. The molecule has 2 heteroatoms. The van der Waals surface area contributed by atoms with Crippen molar-refractivity contribution in [3.8, 4) is 5.75 Å². The Balaban J connectivity index is 2.10. The van der Waals surface area contributed by atoms with Crippen LogP contribution in [0.1, 0.15) is 67.3 Å². The molecular weight excluding hydrogens is 332 g/mol. The molecule has 0 atom stereocenters. The molecule has 0 radical (unpaired) electrons. The summed E-state index contributed by atoms with van der Waals surface area (Å²) in [4.78, 5) is 0. The first kappa shape index (κ1) is 20.8. The van der Waals surface area contributed by atoms with Crippen LogP contribution >= 0.6 is 0 Å². The third-order valence-electron chi connectivity index (χ3n) is 5.56. The largest absolute Gasteiger partial charge is 0.507 e. The molecule has 0 heterocycles. The van der Waals surface area contributed by atoms with Crippen molar-refractivity contribution in [1.29, 1.82) is 0 Å². The molecule has 2 aromatic carbocycles. The number of aryl methyl sites for hydroxylation is 4. The maximum absolute atomic E-state index is 10.6. The van der Waals surface area contributed by atoms with Crippen LogP contribution in [0.15, 0.2) is 30.3 Å². The number of phenolic OH excluding ortho intramolecular Hbond substituents is 1. The lowest BCUT2D eigenvalue weighted by Crippen LogP contribution is -2.18. The minimum atomic E-state index is -0.234. The third kappa shape index (κ3) is 5.74. The van der Waals surface area contributed by atoms with E-state index in [0.717, 1.165) is 32.1 Å². The summed E-state index contributed by atoms with van der Waals surface area (Å²) in [6, 6.07) is 12.6. The third-order valence-corrected chi connectivity index (χ3v) is 7.57. The molecule has 0 amide bonds. The lowest BCUT2D eigenvalue weighted by molar-refractivity contribution is 0.458. The summed E-state index contributed by atoms with van der Waals surface area (Å²) < 4.78 is 0. The van der Waals surface area contributed by atoms with Crippen LogP contribution in [0.2, 0.25) is 6.04 Å². The average Bonchev–Trinajstić information content (AvgIpc) is 2.64. The Morgan fingerprint density at radius 1 is 0.885 bits per heavy atom.